The van der Waals surface area contributed by atoms with E-state index >= 15 is 0 Å². The van der Waals surface area contributed by atoms with E-state index < -0.39 is 0 Å². The van der Waals surface area contributed by atoms with Gasteiger partial charge in [-0.1, -0.05) is 30.1 Å². The summed E-state index contributed by atoms with van der Waals surface area (Å²) in [5, 5.41) is 6.91. The van der Waals surface area contributed by atoms with Crippen LogP contribution >= 0.6 is 23.2 Å². The van der Waals surface area contributed by atoms with Crippen molar-refractivity contribution in [2.24, 2.45) is 0 Å². The van der Waals surface area contributed by atoms with E-state index in [0.29, 0.717) is 21.5 Å². The van der Waals surface area contributed by atoms with Crippen LogP contribution in [0.25, 0.3) is 0 Å². The molecular formula is C21H21Cl2N3O3. The molecule has 5 rings (SSSR count). The van der Waals surface area contributed by atoms with E-state index in [-0.39, 0.29) is 29.5 Å². The van der Waals surface area contributed by atoms with Gasteiger partial charge in [-0.05, 0) is 55.5 Å². The van der Waals surface area contributed by atoms with Crippen molar-refractivity contribution < 1.29 is 14.3 Å². The van der Waals surface area contributed by atoms with Crippen LogP contribution < -0.4 is 15.4 Å². The van der Waals surface area contributed by atoms with E-state index in [2.05, 4.69) is 15.6 Å². The first kappa shape index (κ1) is 20.0. The van der Waals surface area contributed by atoms with Crippen molar-refractivity contribution in [2.45, 2.75) is 43.7 Å². The van der Waals surface area contributed by atoms with Crippen LogP contribution in [-0.2, 0) is 11.2 Å². The highest BCUT2D eigenvalue weighted by Crippen LogP contribution is 2.60. The summed E-state index contributed by atoms with van der Waals surface area (Å²) in [6, 6.07) is 8.58. The number of rotatable bonds is 7. The van der Waals surface area contributed by atoms with Gasteiger partial charge in [0, 0.05) is 23.3 Å². The molecule has 1 aromatic carbocycles. The largest absolute Gasteiger partial charge is 0.484 e. The van der Waals surface area contributed by atoms with Crippen LogP contribution in [0, 0.1) is 0 Å². The minimum atomic E-state index is -0.246. The lowest BCUT2D eigenvalue weighted by Crippen LogP contribution is -2.84. The van der Waals surface area contributed by atoms with E-state index in [1.54, 1.807) is 24.4 Å². The maximum atomic E-state index is 12.5. The second kappa shape index (κ2) is 7.50. The first-order chi connectivity index (χ1) is 13.8. The van der Waals surface area contributed by atoms with Gasteiger partial charge in [-0.25, -0.2) is 0 Å². The van der Waals surface area contributed by atoms with Crippen molar-refractivity contribution in [1.82, 2.24) is 15.6 Å². The molecule has 29 heavy (non-hydrogen) atoms. The fourth-order valence-corrected chi connectivity index (χ4v) is 4.51. The number of hydrogen-bond donors (Lipinski definition) is 2. The molecule has 0 unspecified atom stereocenters. The molecule has 152 valence electrons. The number of pyridine rings is 1. The number of nitrogens with zero attached hydrogens (tertiary/aromatic N) is 1. The lowest BCUT2D eigenvalue weighted by atomic mass is 9.44. The first-order valence-electron chi connectivity index (χ1n) is 9.48. The average molecular weight is 434 g/mol. The summed E-state index contributed by atoms with van der Waals surface area (Å²) in [5.41, 5.74) is 1.03. The quantitative estimate of drug-likeness (QED) is 0.699. The van der Waals surface area contributed by atoms with Crippen LogP contribution in [0.5, 0.6) is 5.75 Å². The standard InChI is InChI=1S/C21H21Cl2N3O3/c1-2-13-5-6-24-17(7-13)19(28)26-21-10-20(11-21,12-21)25-18(27)9-29-14-3-4-15(22)16(23)8-14/h3-8H,2,9-12H2,1H3,(H,25,27)(H,26,28). The monoisotopic (exact) mass is 433 g/mol. The summed E-state index contributed by atoms with van der Waals surface area (Å²) in [6.45, 7) is 1.93. The van der Waals surface area contributed by atoms with Gasteiger partial charge in [0.2, 0.25) is 0 Å². The zero-order valence-corrected chi connectivity index (χ0v) is 17.4. The Kier molecular flexibility index (Phi) is 5.17. The molecule has 3 aliphatic rings. The van der Waals surface area contributed by atoms with Crippen molar-refractivity contribution in [3.63, 3.8) is 0 Å². The van der Waals surface area contributed by atoms with Crippen LogP contribution in [0.3, 0.4) is 0 Å². The number of aromatic nitrogens is 1. The maximum absolute atomic E-state index is 12.5. The number of hydrogen-bond acceptors (Lipinski definition) is 4. The smallest absolute Gasteiger partial charge is 0.270 e. The predicted molar refractivity (Wildman–Crippen MR) is 110 cm³/mol. The van der Waals surface area contributed by atoms with Gasteiger partial charge in [-0.15, -0.1) is 0 Å². The van der Waals surface area contributed by atoms with Gasteiger partial charge in [0.1, 0.15) is 11.4 Å². The third kappa shape index (κ3) is 4.05. The summed E-state index contributed by atoms with van der Waals surface area (Å²) in [6.07, 6.45) is 4.67. The van der Waals surface area contributed by atoms with Crippen LogP contribution in [-0.4, -0.2) is 34.5 Å². The van der Waals surface area contributed by atoms with Crippen molar-refractivity contribution in [1.29, 1.82) is 0 Å². The molecule has 2 aromatic rings. The molecule has 1 aromatic heterocycles. The van der Waals surface area contributed by atoms with Gasteiger partial charge in [0.15, 0.2) is 6.61 Å². The number of carbonyl (C=O) groups is 2. The van der Waals surface area contributed by atoms with E-state index in [1.807, 2.05) is 19.1 Å². The Balaban J connectivity index is 1.24. The summed E-state index contributed by atoms with van der Waals surface area (Å²) < 4.78 is 5.47. The van der Waals surface area contributed by atoms with Gasteiger partial charge >= 0.3 is 0 Å². The van der Waals surface area contributed by atoms with Crippen LogP contribution in [0.1, 0.15) is 42.2 Å². The van der Waals surface area contributed by atoms with E-state index in [4.69, 9.17) is 27.9 Å². The number of ether oxygens (including phenoxy) is 1. The Labute approximate surface area is 178 Å². The molecule has 2 N–H and O–H groups in total. The van der Waals surface area contributed by atoms with Crippen LogP contribution in [0.2, 0.25) is 10.0 Å². The SMILES string of the molecule is CCc1ccnc(C(=O)NC23CC(NC(=O)COc4ccc(Cl)c(Cl)c4)(C2)C3)c1. The summed E-state index contributed by atoms with van der Waals surface area (Å²) in [4.78, 5) is 28.9. The van der Waals surface area contributed by atoms with E-state index in [1.165, 1.54) is 0 Å². The lowest BCUT2D eigenvalue weighted by Gasteiger charge is -2.70. The molecule has 2 amide bonds. The van der Waals surface area contributed by atoms with Crippen molar-refractivity contribution in [3.05, 3.63) is 57.8 Å². The fraction of sp³-hybridized carbons (Fsp3) is 0.381. The Bertz CT molecular complexity index is 960. The Morgan fingerprint density at radius 2 is 1.79 bits per heavy atom. The fourth-order valence-electron chi connectivity index (χ4n) is 4.22. The minimum Gasteiger partial charge on any atom is -0.484 e. The highest BCUT2D eigenvalue weighted by molar-refractivity contribution is 6.42. The number of amides is 2. The molecule has 1 heterocycles. The maximum Gasteiger partial charge on any atom is 0.270 e. The summed E-state index contributed by atoms with van der Waals surface area (Å²) >= 11 is 11.8. The van der Waals surface area contributed by atoms with Gasteiger partial charge in [0.25, 0.3) is 11.8 Å². The van der Waals surface area contributed by atoms with Gasteiger partial charge < -0.3 is 15.4 Å². The molecule has 0 saturated heterocycles. The third-order valence-electron chi connectivity index (χ3n) is 5.54. The highest BCUT2D eigenvalue weighted by atomic mass is 35.5. The molecule has 0 atom stereocenters. The average Bonchev–Trinajstić information content (AvgIpc) is 2.66. The third-order valence-corrected chi connectivity index (χ3v) is 6.28. The minimum absolute atomic E-state index is 0.104. The van der Waals surface area contributed by atoms with Gasteiger partial charge in [-0.3, -0.25) is 14.6 Å². The number of carbonyl (C=O) groups excluding carboxylic acids is 2. The van der Waals surface area contributed by atoms with Crippen LogP contribution in [0.4, 0.5) is 0 Å². The van der Waals surface area contributed by atoms with Crippen molar-refractivity contribution in [3.8, 4) is 5.75 Å². The molecular weight excluding hydrogens is 413 g/mol. The van der Waals surface area contributed by atoms with Crippen molar-refractivity contribution >= 4 is 35.0 Å². The molecule has 8 heteroatoms. The zero-order valence-electron chi connectivity index (χ0n) is 15.9. The first-order valence-corrected chi connectivity index (χ1v) is 10.2. The number of aryl methyl sites for hydroxylation is 1. The molecule has 3 aliphatic carbocycles. The second-order valence-corrected chi connectivity index (χ2v) is 8.68. The van der Waals surface area contributed by atoms with E-state index in [0.717, 1.165) is 31.2 Å². The Morgan fingerprint density at radius 3 is 2.48 bits per heavy atom. The topological polar surface area (TPSA) is 80.3 Å². The molecule has 0 radical (unpaired) electrons. The molecule has 3 saturated carbocycles. The molecule has 2 bridgehead atoms. The zero-order chi connectivity index (χ0) is 20.6. The molecule has 0 spiro atoms. The van der Waals surface area contributed by atoms with Gasteiger partial charge in [-0.2, -0.15) is 0 Å². The summed E-state index contributed by atoms with van der Waals surface area (Å²) in [7, 11) is 0. The molecule has 6 nitrogen and oxygen atoms in total. The highest BCUT2D eigenvalue weighted by Gasteiger charge is 2.69. The number of halogens is 2. The normalized spacial score (nSPS) is 24.1. The number of nitrogens with one attached hydrogen (secondary N) is 2. The number of benzene rings is 1. The van der Waals surface area contributed by atoms with Crippen LogP contribution in [0.15, 0.2) is 36.5 Å². The second-order valence-electron chi connectivity index (χ2n) is 7.86. The Hall–Kier alpha value is -2.31. The summed E-state index contributed by atoms with van der Waals surface area (Å²) in [5.74, 6) is 0.119. The predicted octanol–water partition coefficient (Wildman–Crippen LogP) is 3.55. The van der Waals surface area contributed by atoms with E-state index in [9.17, 15) is 9.59 Å². The van der Waals surface area contributed by atoms with Gasteiger partial charge in [0.05, 0.1) is 10.0 Å². The molecule has 3 fully saturated rings. The Morgan fingerprint density at radius 1 is 1.07 bits per heavy atom. The lowest BCUT2D eigenvalue weighted by molar-refractivity contribution is -0.141. The molecule has 0 aliphatic heterocycles. The van der Waals surface area contributed by atoms with Crippen molar-refractivity contribution in [2.75, 3.05) is 6.61 Å².